The number of benzene rings is 1. The largest absolute Gasteiger partial charge is 0.403 e. The minimum atomic E-state index is -4.21. The summed E-state index contributed by atoms with van der Waals surface area (Å²) in [6, 6.07) is 5.79. The summed E-state index contributed by atoms with van der Waals surface area (Å²) in [4.78, 5) is 19.4. The van der Waals surface area contributed by atoms with E-state index in [0.29, 0.717) is 44.4 Å². The van der Waals surface area contributed by atoms with Crippen molar-refractivity contribution in [2.75, 3.05) is 38.5 Å². The number of aliphatic imine (C=N–C) groups is 1. The molecule has 0 aromatic heterocycles. The molecule has 30 heavy (non-hydrogen) atoms. The summed E-state index contributed by atoms with van der Waals surface area (Å²) in [7, 11) is 1.66. The van der Waals surface area contributed by atoms with Crippen molar-refractivity contribution in [1.29, 1.82) is 0 Å². The molecule has 10 heteroatoms. The van der Waals surface area contributed by atoms with Crippen LogP contribution in [0, 0.1) is 0 Å². The molecule has 1 saturated heterocycles. The lowest BCUT2D eigenvalue weighted by Crippen LogP contribution is -2.56. The number of guanidine groups is 1. The van der Waals surface area contributed by atoms with Gasteiger partial charge in [-0.25, -0.2) is 4.79 Å². The Balaban J connectivity index is 1.83. The van der Waals surface area contributed by atoms with Gasteiger partial charge in [0.25, 0.3) is 0 Å². The maximum absolute atomic E-state index is 12.9. The topological polar surface area (TPSA) is 72.0 Å². The van der Waals surface area contributed by atoms with E-state index in [1.165, 1.54) is 11.8 Å². The van der Waals surface area contributed by atoms with Crippen LogP contribution in [-0.4, -0.2) is 73.3 Å². The predicted molar refractivity (Wildman–Crippen MR) is 113 cm³/mol. The third-order valence-corrected chi connectivity index (χ3v) is 4.93. The van der Waals surface area contributed by atoms with E-state index < -0.39 is 12.2 Å². The molecule has 1 aliphatic heterocycles. The molecule has 3 N–H and O–H groups in total. The first-order valence-electron chi connectivity index (χ1n) is 10.0. The number of halogens is 3. The summed E-state index contributed by atoms with van der Waals surface area (Å²) >= 11 is 0. The molecule has 7 nitrogen and oxygen atoms in total. The second-order valence-electron chi connectivity index (χ2n) is 7.59. The van der Waals surface area contributed by atoms with Crippen LogP contribution in [0.5, 0.6) is 0 Å². The molecule has 1 unspecified atom stereocenters. The fourth-order valence-corrected chi connectivity index (χ4v) is 3.18. The van der Waals surface area contributed by atoms with Gasteiger partial charge >= 0.3 is 12.2 Å². The van der Waals surface area contributed by atoms with E-state index in [1.807, 2.05) is 43.0 Å². The van der Waals surface area contributed by atoms with Crippen molar-refractivity contribution < 1.29 is 18.0 Å². The Morgan fingerprint density at radius 3 is 2.20 bits per heavy atom. The van der Waals surface area contributed by atoms with Gasteiger partial charge in [-0.3, -0.25) is 9.89 Å². The normalized spacial score (nSPS) is 17.1. The van der Waals surface area contributed by atoms with Crippen LogP contribution in [0.2, 0.25) is 0 Å². The summed E-state index contributed by atoms with van der Waals surface area (Å²) < 4.78 is 38.7. The van der Waals surface area contributed by atoms with Gasteiger partial charge in [-0.1, -0.05) is 12.1 Å². The van der Waals surface area contributed by atoms with Crippen molar-refractivity contribution in [1.82, 2.24) is 20.4 Å². The van der Waals surface area contributed by atoms with Crippen molar-refractivity contribution in [3.05, 3.63) is 29.8 Å². The average Bonchev–Trinajstić information content (AvgIpc) is 2.68. The minimum Gasteiger partial charge on any atom is -0.352 e. The summed E-state index contributed by atoms with van der Waals surface area (Å²) in [5.41, 5.74) is 1.69. The zero-order chi connectivity index (χ0) is 22.3. The Morgan fingerprint density at radius 2 is 1.70 bits per heavy atom. The molecule has 0 bridgehead atoms. The third kappa shape index (κ3) is 7.08. The molecule has 2 amide bonds. The zero-order valence-corrected chi connectivity index (χ0v) is 17.9. The van der Waals surface area contributed by atoms with Crippen molar-refractivity contribution in [2.45, 2.75) is 45.6 Å². The standard InChI is InChI=1S/C20H31F3N6O/c1-14(2)26-19(30)27-17-7-5-16(6-8-17)13-25-18(24-4)29-11-9-28(10-12-29)15(3)20(21,22)23/h5-8,14-15H,9-13H2,1-4H3,(H,24,25)(H2,26,27,30). The number of nitrogens with zero attached hydrogens (tertiary/aromatic N) is 3. The van der Waals surface area contributed by atoms with Gasteiger partial charge in [-0.05, 0) is 38.5 Å². The number of alkyl halides is 3. The molecule has 0 saturated carbocycles. The molecular weight excluding hydrogens is 397 g/mol. The number of anilines is 1. The summed E-state index contributed by atoms with van der Waals surface area (Å²) in [5.74, 6) is 0.660. The van der Waals surface area contributed by atoms with Crippen LogP contribution in [-0.2, 0) is 6.54 Å². The fourth-order valence-electron chi connectivity index (χ4n) is 3.18. The molecule has 1 aliphatic rings. The molecule has 1 aromatic carbocycles. The Morgan fingerprint density at radius 1 is 1.10 bits per heavy atom. The number of hydrogen-bond donors (Lipinski definition) is 3. The van der Waals surface area contributed by atoms with Crippen LogP contribution in [0.3, 0.4) is 0 Å². The third-order valence-electron chi connectivity index (χ3n) is 4.93. The number of urea groups is 1. The Kier molecular flexibility index (Phi) is 8.33. The average molecular weight is 429 g/mol. The quantitative estimate of drug-likeness (QED) is 0.498. The highest BCUT2D eigenvalue weighted by atomic mass is 19.4. The van der Waals surface area contributed by atoms with Crippen molar-refractivity contribution in [3.8, 4) is 0 Å². The smallest absolute Gasteiger partial charge is 0.352 e. The van der Waals surface area contributed by atoms with E-state index in [4.69, 9.17) is 0 Å². The van der Waals surface area contributed by atoms with Gasteiger partial charge in [0.1, 0.15) is 6.04 Å². The van der Waals surface area contributed by atoms with Crippen LogP contribution in [0.15, 0.2) is 29.3 Å². The lowest BCUT2D eigenvalue weighted by molar-refractivity contribution is -0.181. The highest BCUT2D eigenvalue weighted by Gasteiger charge is 2.41. The minimum absolute atomic E-state index is 0.0544. The maximum atomic E-state index is 12.9. The maximum Gasteiger partial charge on any atom is 0.403 e. The molecule has 1 heterocycles. The van der Waals surface area contributed by atoms with E-state index in [2.05, 4.69) is 20.9 Å². The first kappa shape index (κ1) is 23.8. The molecule has 0 radical (unpaired) electrons. The zero-order valence-electron chi connectivity index (χ0n) is 17.9. The predicted octanol–water partition coefficient (Wildman–Crippen LogP) is 2.86. The van der Waals surface area contributed by atoms with Crippen molar-refractivity contribution in [2.24, 2.45) is 4.99 Å². The fraction of sp³-hybridized carbons (Fsp3) is 0.600. The molecule has 2 rings (SSSR count). The molecule has 1 atom stereocenters. The van der Waals surface area contributed by atoms with Gasteiger partial charge in [-0.15, -0.1) is 0 Å². The first-order chi connectivity index (χ1) is 14.1. The van der Waals surface area contributed by atoms with E-state index in [1.54, 1.807) is 7.05 Å². The van der Waals surface area contributed by atoms with Gasteiger partial charge in [0, 0.05) is 51.5 Å². The van der Waals surface area contributed by atoms with Gasteiger partial charge < -0.3 is 20.9 Å². The molecule has 168 valence electrons. The number of carbonyl (C=O) groups excluding carboxylic acids is 1. The number of amides is 2. The molecular formula is C20H31F3N6O. The molecule has 0 spiro atoms. The van der Waals surface area contributed by atoms with Crippen molar-refractivity contribution >= 4 is 17.7 Å². The van der Waals surface area contributed by atoms with E-state index in [-0.39, 0.29) is 12.1 Å². The van der Waals surface area contributed by atoms with Gasteiger partial charge in [0.2, 0.25) is 0 Å². The number of hydrogen-bond acceptors (Lipinski definition) is 3. The summed E-state index contributed by atoms with van der Waals surface area (Å²) in [6.07, 6.45) is -4.21. The second kappa shape index (κ2) is 10.5. The van der Waals surface area contributed by atoms with Crippen LogP contribution >= 0.6 is 0 Å². The first-order valence-corrected chi connectivity index (χ1v) is 10.0. The van der Waals surface area contributed by atoms with Crippen LogP contribution in [0.4, 0.5) is 23.7 Å². The number of piperazine rings is 1. The summed E-state index contributed by atoms with van der Waals surface area (Å²) in [5, 5.41) is 8.77. The van der Waals surface area contributed by atoms with E-state index in [0.717, 1.165) is 5.56 Å². The highest BCUT2D eigenvalue weighted by Crippen LogP contribution is 2.25. The molecule has 0 aliphatic carbocycles. The molecule has 1 fully saturated rings. The van der Waals surface area contributed by atoms with E-state index >= 15 is 0 Å². The van der Waals surface area contributed by atoms with Crippen LogP contribution in [0.25, 0.3) is 0 Å². The Hall–Kier alpha value is -2.49. The lowest BCUT2D eigenvalue weighted by Gasteiger charge is -2.39. The SMILES string of the molecule is CN=C(NCc1ccc(NC(=O)NC(C)C)cc1)N1CCN(C(C)C(F)(F)F)CC1. The monoisotopic (exact) mass is 428 g/mol. The number of rotatable bonds is 5. The number of carbonyl (C=O) groups is 1. The lowest BCUT2D eigenvalue weighted by atomic mass is 10.2. The van der Waals surface area contributed by atoms with Gasteiger partial charge in [0.15, 0.2) is 5.96 Å². The van der Waals surface area contributed by atoms with Crippen LogP contribution < -0.4 is 16.0 Å². The Bertz CT molecular complexity index is 712. The van der Waals surface area contributed by atoms with E-state index in [9.17, 15) is 18.0 Å². The second-order valence-corrected chi connectivity index (χ2v) is 7.59. The Labute approximate surface area is 175 Å². The van der Waals surface area contributed by atoms with Gasteiger partial charge in [-0.2, -0.15) is 13.2 Å². The van der Waals surface area contributed by atoms with Crippen LogP contribution in [0.1, 0.15) is 26.3 Å². The highest BCUT2D eigenvalue weighted by molar-refractivity contribution is 5.89. The summed E-state index contributed by atoms with van der Waals surface area (Å²) in [6.45, 7) is 7.12. The number of nitrogens with one attached hydrogen (secondary N) is 3. The molecule has 1 aromatic rings. The van der Waals surface area contributed by atoms with Crippen molar-refractivity contribution in [3.63, 3.8) is 0 Å². The van der Waals surface area contributed by atoms with Gasteiger partial charge in [0.05, 0.1) is 0 Å².